The Labute approximate surface area is 145 Å². The fourth-order valence-electron chi connectivity index (χ4n) is 4.54. The first kappa shape index (κ1) is 14.8. The normalized spacial score (nSPS) is 28.3. The van der Waals surface area contributed by atoms with E-state index in [-0.39, 0.29) is 17.9 Å². The molecule has 1 spiro atoms. The minimum Gasteiger partial charge on any atom is -0.353 e. The number of benzene rings is 1. The van der Waals surface area contributed by atoms with E-state index in [9.17, 15) is 9.59 Å². The van der Waals surface area contributed by atoms with Crippen LogP contribution in [0.15, 0.2) is 36.5 Å². The van der Waals surface area contributed by atoms with Crippen molar-refractivity contribution in [1.82, 2.24) is 14.8 Å². The molecule has 25 heavy (non-hydrogen) atoms. The van der Waals surface area contributed by atoms with Crippen LogP contribution < -0.4 is 0 Å². The third-order valence-corrected chi connectivity index (χ3v) is 5.72. The molecule has 0 unspecified atom stereocenters. The van der Waals surface area contributed by atoms with Gasteiger partial charge in [-0.05, 0) is 17.9 Å². The van der Waals surface area contributed by atoms with Crippen molar-refractivity contribution in [2.45, 2.75) is 31.0 Å². The lowest BCUT2D eigenvalue weighted by Crippen LogP contribution is -2.56. The van der Waals surface area contributed by atoms with Crippen LogP contribution in [-0.2, 0) is 9.53 Å². The Morgan fingerprint density at radius 3 is 2.96 bits per heavy atom. The van der Waals surface area contributed by atoms with Gasteiger partial charge >= 0.3 is 0 Å². The van der Waals surface area contributed by atoms with Gasteiger partial charge in [0.05, 0.1) is 19.1 Å². The lowest BCUT2D eigenvalue weighted by molar-refractivity contribution is -0.179. The van der Waals surface area contributed by atoms with Crippen molar-refractivity contribution in [3.8, 4) is 0 Å². The molecule has 3 aliphatic heterocycles. The summed E-state index contributed by atoms with van der Waals surface area (Å²) in [6.07, 6.45) is 3.63. The maximum Gasteiger partial charge on any atom is 0.272 e. The molecule has 2 atom stereocenters. The average Bonchev–Trinajstić information content (AvgIpc) is 3.13. The summed E-state index contributed by atoms with van der Waals surface area (Å²) in [4.78, 5) is 33.5. The molecule has 5 rings (SSSR count). The number of pyridine rings is 1. The third-order valence-electron chi connectivity index (χ3n) is 5.72. The number of likely N-dealkylation sites (tertiary alicyclic amines) is 1. The molecule has 0 saturated carbocycles. The smallest absolute Gasteiger partial charge is 0.272 e. The second-order valence-corrected chi connectivity index (χ2v) is 6.98. The Bertz CT molecular complexity index is 883. The number of ether oxygens (including phenoxy) is 1. The Morgan fingerprint density at radius 1 is 1.24 bits per heavy atom. The van der Waals surface area contributed by atoms with Crippen LogP contribution in [0.25, 0.3) is 10.8 Å². The van der Waals surface area contributed by atoms with Crippen molar-refractivity contribution in [1.29, 1.82) is 0 Å². The van der Waals surface area contributed by atoms with Gasteiger partial charge in [0.25, 0.3) is 5.91 Å². The fraction of sp³-hybridized carbons (Fsp3) is 0.421. The van der Waals surface area contributed by atoms with Crippen molar-refractivity contribution < 1.29 is 14.3 Å². The van der Waals surface area contributed by atoms with Gasteiger partial charge in [-0.1, -0.05) is 24.3 Å². The summed E-state index contributed by atoms with van der Waals surface area (Å²) in [5.74, 6) is -0.0230. The zero-order valence-electron chi connectivity index (χ0n) is 13.9. The Balaban J connectivity index is 1.49. The summed E-state index contributed by atoms with van der Waals surface area (Å²) in [5.41, 5.74) is -0.181. The van der Waals surface area contributed by atoms with Crippen LogP contribution in [0.3, 0.4) is 0 Å². The van der Waals surface area contributed by atoms with Crippen LogP contribution in [-0.4, -0.2) is 58.1 Å². The summed E-state index contributed by atoms with van der Waals surface area (Å²) < 4.78 is 6.06. The van der Waals surface area contributed by atoms with Crippen LogP contribution in [0.1, 0.15) is 29.8 Å². The summed E-state index contributed by atoms with van der Waals surface area (Å²) in [6, 6.07) is 9.48. The van der Waals surface area contributed by atoms with E-state index >= 15 is 0 Å². The van der Waals surface area contributed by atoms with E-state index in [4.69, 9.17) is 4.74 Å². The first-order valence-electron chi connectivity index (χ1n) is 8.79. The summed E-state index contributed by atoms with van der Waals surface area (Å²) in [6.45, 7) is 1.98. The van der Waals surface area contributed by atoms with Gasteiger partial charge in [-0.2, -0.15) is 0 Å². The van der Waals surface area contributed by atoms with E-state index in [1.807, 2.05) is 35.2 Å². The van der Waals surface area contributed by atoms with Crippen LogP contribution in [0.2, 0.25) is 0 Å². The molecular formula is C19H19N3O3. The highest BCUT2D eigenvalue weighted by Crippen LogP contribution is 2.45. The Hall–Kier alpha value is -2.47. The molecule has 0 N–H and O–H groups in total. The van der Waals surface area contributed by atoms with E-state index in [0.29, 0.717) is 31.7 Å². The predicted molar refractivity (Wildman–Crippen MR) is 90.8 cm³/mol. The molecule has 1 aromatic carbocycles. The van der Waals surface area contributed by atoms with Crippen molar-refractivity contribution in [3.05, 3.63) is 42.2 Å². The van der Waals surface area contributed by atoms with E-state index in [0.717, 1.165) is 23.7 Å². The number of fused-ring (bicyclic) bond motifs is 1. The molecule has 2 aromatic rings. The van der Waals surface area contributed by atoms with Crippen molar-refractivity contribution >= 4 is 22.6 Å². The quantitative estimate of drug-likeness (QED) is 0.796. The van der Waals surface area contributed by atoms with Gasteiger partial charge < -0.3 is 14.5 Å². The van der Waals surface area contributed by atoms with E-state index in [2.05, 4.69) is 4.98 Å². The molecule has 4 heterocycles. The van der Waals surface area contributed by atoms with Crippen molar-refractivity contribution in [3.63, 3.8) is 0 Å². The third kappa shape index (κ3) is 2.03. The predicted octanol–water partition coefficient (Wildman–Crippen LogP) is 1.80. The number of hydrogen-bond donors (Lipinski definition) is 0. The molecule has 6 heteroatoms. The number of carbonyl (C=O) groups excluding carboxylic acids is 2. The van der Waals surface area contributed by atoms with Gasteiger partial charge in [0, 0.05) is 31.1 Å². The molecule has 0 aliphatic carbocycles. The summed E-state index contributed by atoms with van der Waals surface area (Å²) in [7, 11) is 0. The maximum atomic E-state index is 13.1. The first-order chi connectivity index (χ1) is 12.2. The standard InChI is InChI=1S/C19H19N3O3/c23-17-11-16-19(22(17)7-3-9-25-19)6-8-21(16)18(24)15-10-13-4-1-2-5-14(13)12-20-15/h1-2,4-5,10,12,16H,3,6-9,11H2/t16-,19+/m1/s1. The minimum absolute atomic E-state index is 0.0914. The molecule has 3 aliphatic rings. The van der Waals surface area contributed by atoms with Crippen molar-refractivity contribution in [2.75, 3.05) is 19.7 Å². The van der Waals surface area contributed by atoms with Gasteiger partial charge in [-0.15, -0.1) is 0 Å². The topological polar surface area (TPSA) is 62.7 Å². The molecule has 3 fully saturated rings. The molecule has 0 radical (unpaired) electrons. The maximum absolute atomic E-state index is 13.1. The van der Waals surface area contributed by atoms with E-state index < -0.39 is 5.72 Å². The van der Waals surface area contributed by atoms with Crippen LogP contribution >= 0.6 is 0 Å². The molecule has 6 nitrogen and oxygen atoms in total. The SMILES string of the molecule is O=C(c1cc2ccccc2cn1)N1CC[C@@]23OCCCN2C(=O)C[C@@H]13. The average molecular weight is 337 g/mol. The number of carbonyl (C=O) groups is 2. The van der Waals surface area contributed by atoms with Crippen LogP contribution in [0.5, 0.6) is 0 Å². The number of nitrogens with zero attached hydrogens (tertiary/aromatic N) is 3. The van der Waals surface area contributed by atoms with Gasteiger partial charge in [0.2, 0.25) is 5.91 Å². The lowest BCUT2D eigenvalue weighted by atomic mass is 10.0. The Kier molecular flexibility index (Phi) is 3.12. The molecule has 0 bridgehead atoms. The number of hydrogen-bond acceptors (Lipinski definition) is 4. The second kappa shape index (κ2) is 5.26. The van der Waals surface area contributed by atoms with Gasteiger partial charge in [0.15, 0.2) is 5.72 Å². The number of aromatic nitrogens is 1. The largest absolute Gasteiger partial charge is 0.353 e. The highest BCUT2D eigenvalue weighted by atomic mass is 16.5. The van der Waals surface area contributed by atoms with E-state index in [1.54, 1.807) is 11.1 Å². The summed E-state index contributed by atoms with van der Waals surface area (Å²) in [5, 5.41) is 2.00. The molecule has 2 amide bonds. The number of rotatable bonds is 1. The highest BCUT2D eigenvalue weighted by Gasteiger charge is 2.61. The Morgan fingerprint density at radius 2 is 2.08 bits per heavy atom. The monoisotopic (exact) mass is 337 g/mol. The molecule has 1 aromatic heterocycles. The molecule has 3 saturated heterocycles. The van der Waals surface area contributed by atoms with Gasteiger partial charge in [0.1, 0.15) is 5.69 Å². The zero-order chi connectivity index (χ0) is 17.0. The lowest BCUT2D eigenvalue weighted by Gasteiger charge is -2.42. The first-order valence-corrected chi connectivity index (χ1v) is 8.79. The van der Waals surface area contributed by atoms with Gasteiger partial charge in [-0.25, -0.2) is 0 Å². The zero-order valence-corrected chi connectivity index (χ0v) is 13.9. The molecular weight excluding hydrogens is 318 g/mol. The van der Waals surface area contributed by atoms with E-state index in [1.165, 1.54) is 0 Å². The minimum atomic E-state index is -0.609. The van der Waals surface area contributed by atoms with Gasteiger partial charge in [-0.3, -0.25) is 14.6 Å². The fourth-order valence-corrected chi connectivity index (χ4v) is 4.54. The second-order valence-electron chi connectivity index (χ2n) is 6.98. The highest BCUT2D eigenvalue weighted by molar-refractivity contribution is 5.97. The summed E-state index contributed by atoms with van der Waals surface area (Å²) >= 11 is 0. The van der Waals surface area contributed by atoms with Crippen molar-refractivity contribution in [2.24, 2.45) is 0 Å². The molecule has 128 valence electrons. The van der Waals surface area contributed by atoms with Crippen LogP contribution in [0, 0.1) is 0 Å². The number of amides is 2. The van der Waals surface area contributed by atoms with Crippen LogP contribution in [0.4, 0.5) is 0 Å².